The Morgan fingerprint density at radius 1 is 1.00 bits per heavy atom. The minimum Gasteiger partial charge on any atom is -0.493 e. The Bertz CT molecular complexity index is 808. The fourth-order valence-electron chi connectivity index (χ4n) is 4.92. The summed E-state index contributed by atoms with van der Waals surface area (Å²) >= 11 is 0. The molecular formula is C22H26N2O3. The van der Waals surface area contributed by atoms with Crippen LogP contribution in [0.4, 0.5) is 0 Å². The number of aromatic nitrogens is 1. The molecule has 0 bridgehead atoms. The van der Waals surface area contributed by atoms with Crippen LogP contribution in [0.15, 0.2) is 42.7 Å². The molecule has 2 saturated carbocycles. The zero-order chi connectivity index (χ0) is 18.8. The number of hydrogen-bond acceptors (Lipinski definition) is 4. The number of nitrogens with zero attached hydrogens (tertiary/aromatic N) is 1. The van der Waals surface area contributed by atoms with E-state index < -0.39 is 0 Å². The molecule has 1 aromatic carbocycles. The Morgan fingerprint density at radius 2 is 1.70 bits per heavy atom. The van der Waals surface area contributed by atoms with Crippen molar-refractivity contribution in [1.82, 2.24) is 10.3 Å². The summed E-state index contributed by atoms with van der Waals surface area (Å²) in [7, 11) is 3.31. The number of rotatable bonds is 5. The molecule has 2 aliphatic carbocycles. The lowest BCUT2D eigenvalue weighted by atomic mass is 9.53. The number of carbonyl (C=O) groups excluding carboxylic acids is 1. The van der Waals surface area contributed by atoms with Gasteiger partial charge >= 0.3 is 0 Å². The number of pyridine rings is 1. The van der Waals surface area contributed by atoms with Gasteiger partial charge < -0.3 is 14.8 Å². The minimum atomic E-state index is -0.0168. The van der Waals surface area contributed by atoms with Crippen molar-refractivity contribution in [2.45, 2.75) is 37.6 Å². The van der Waals surface area contributed by atoms with Crippen molar-refractivity contribution in [3.05, 3.63) is 53.9 Å². The van der Waals surface area contributed by atoms with E-state index in [4.69, 9.17) is 9.47 Å². The summed E-state index contributed by atoms with van der Waals surface area (Å²) in [5.74, 6) is 2.96. The lowest BCUT2D eigenvalue weighted by Crippen LogP contribution is -2.59. The van der Waals surface area contributed by atoms with Crippen LogP contribution in [-0.4, -0.2) is 31.2 Å². The van der Waals surface area contributed by atoms with Gasteiger partial charge in [-0.25, -0.2) is 0 Å². The number of hydrogen-bond donors (Lipinski definition) is 1. The van der Waals surface area contributed by atoms with E-state index in [1.807, 2.05) is 6.07 Å². The van der Waals surface area contributed by atoms with Gasteiger partial charge in [0.25, 0.3) is 5.91 Å². The molecule has 4 atom stereocenters. The van der Waals surface area contributed by atoms with Gasteiger partial charge in [0.15, 0.2) is 11.5 Å². The van der Waals surface area contributed by atoms with Gasteiger partial charge in [-0.1, -0.05) is 18.9 Å². The average molecular weight is 366 g/mol. The molecule has 0 unspecified atom stereocenters. The molecule has 2 aromatic rings. The summed E-state index contributed by atoms with van der Waals surface area (Å²) in [6.07, 6.45) is 8.26. The highest BCUT2D eigenvalue weighted by molar-refractivity contribution is 5.94. The smallest absolute Gasteiger partial charge is 0.251 e. The first-order chi connectivity index (χ1) is 13.2. The second kappa shape index (κ2) is 7.59. The van der Waals surface area contributed by atoms with Gasteiger partial charge in [-0.3, -0.25) is 9.78 Å². The molecule has 0 radical (unpaired) electrons. The molecule has 2 fully saturated rings. The van der Waals surface area contributed by atoms with Crippen LogP contribution in [0.5, 0.6) is 11.5 Å². The molecule has 0 saturated heterocycles. The highest BCUT2D eigenvalue weighted by atomic mass is 16.5. The van der Waals surface area contributed by atoms with E-state index >= 15 is 0 Å². The maximum absolute atomic E-state index is 12.7. The Balaban J connectivity index is 1.60. The number of benzene rings is 1. The maximum atomic E-state index is 12.7. The number of amides is 1. The molecule has 0 spiro atoms. The summed E-state index contributed by atoms with van der Waals surface area (Å²) in [5.41, 5.74) is 1.88. The first kappa shape index (κ1) is 17.8. The standard InChI is InChI=1S/C22H26N2O3/c1-26-18-8-7-15(13-19(18)27-2)20-16-5-3-4-6-17(16)21(20)24-22(25)14-9-11-23-12-10-14/h7-13,16-17,20-21H,3-6H2,1-2H3,(H,24,25)/t16-,17+,20+,21+/m1/s1. The third-order valence-corrected chi connectivity index (χ3v) is 6.22. The van der Waals surface area contributed by atoms with E-state index in [1.165, 1.54) is 31.2 Å². The number of methoxy groups -OCH3 is 2. The maximum Gasteiger partial charge on any atom is 0.251 e. The molecule has 27 heavy (non-hydrogen) atoms. The van der Waals surface area contributed by atoms with Crippen molar-refractivity contribution >= 4 is 5.91 Å². The largest absolute Gasteiger partial charge is 0.493 e. The van der Waals surface area contributed by atoms with E-state index in [-0.39, 0.29) is 11.9 Å². The molecule has 1 amide bonds. The van der Waals surface area contributed by atoms with Gasteiger partial charge in [-0.05, 0) is 54.5 Å². The van der Waals surface area contributed by atoms with Gasteiger partial charge in [-0.15, -0.1) is 0 Å². The first-order valence-corrected chi connectivity index (χ1v) is 9.65. The Kier molecular flexibility index (Phi) is 5.01. The normalized spacial score (nSPS) is 26.4. The molecule has 142 valence electrons. The summed E-state index contributed by atoms with van der Waals surface area (Å²) in [4.78, 5) is 16.7. The summed E-state index contributed by atoms with van der Waals surface area (Å²) in [6.45, 7) is 0. The van der Waals surface area contributed by atoms with Gasteiger partial charge in [-0.2, -0.15) is 0 Å². The van der Waals surface area contributed by atoms with Crippen molar-refractivity contribution in [1.29, 1.82) is 0 Å². The van der Waals surface area contributed by atoms with Crippen molar-refractivity contribution < 1.29 is 14.3 Å². The predicted octanol–water partition coefficient (Wildman–Crippen LogP) is 3.80. The predicted molar refractivity (Wildman–Crippen MR) is 103 cm³/mol. The van der Waals surface area contributed by atoms with Crippen LogP contribution in [-0.2, 0) is 0 Å². The quantitative estimate of drug-likeness (QED) is 0.874. The first-order valence-electron chi connectivity index (χ1n) is 9.65. The van der Waals surface area contributed by atoms with E-state index in [0.29, 0.717) is 23.3 Å². The number of nitrogens with one attached hydrogen (secondary N) is 1. The van der Waals surface area contributed by atoms with E-state index in [0.717, 1.165) is 11.5 Å². The van der Waals surface area contributed by atoms with Crippen molar-refractivity contribution in [3.8, 4) is 11.5 Å². The van der Waals surface area contributed by atoms with Crippen LogP contribution < -0.4 is 14.8 Å². The van der Waals surface area contributed by atoms with Crippen molar-refractivity contribution in [2.75, 3.05) is 14.2 Å². The average Bonchev–Trinajstić information content (AvgIpc) is 2.72. The second-order valence-corrected chi connectivity index (χ2v) is 7.49. The van der Waals surface area contributed by atoms with Crippen LogP contribution in [0.25, 0.3) is 0 Å². The van der Waals surface area contributed by atoms with E-state index in [2.05, 4.69) is 22.4 Å². The molecular weight excluding hydrogens is 340 g/mol. The molecule has 1 N–H and O–H groups in total. The number of carbonyl (C=O) groups is 1. The molecule has 5 heteroatoms. The lowest BCUT2D eigenvalue weighted by Gasteiger charge is -2.55. The second-order valence-electron chi connectivity index (χ2n) is 7.49. The third-order valence-electron chi connectivity index (χ3n) is 6.22. The van der Waals surface area contributed by atoms with Gasteiger partial charge in [0.2, 0.25) is 0 Å². The SMILES string of the molecule is COc1ccc([C@H]2[C@@H]3CCCC[C@@H]3[C@@H]2NC(=O)c2ccncc2)cc1OC. The van der Waals surface area contributed by atoms with Crippen molar-refractivity contribution in [2.24, 2.45) is 11.8 Å². The topological polar surface area (TPSA) is 60.5 Å². The highest BCUT2D eigenvalue weighted by Crippen LogP contribution is 2.55. The molecule has 1 aromatic heterocycles. The fraction of sp³-hybridized carbons (Fsp3) is 0.455. The van der Waals surface area contributed by atoms with Crippen molar-refractivity contribution in [3.63, 3.8) is 0 Å². The van der Waals surface area contributed by atoms with Crippen LogP contribution in [0.3, 0.4) is 0 Å². The minimum absolute atomic E-state index is 0.0168. The summed E-state index contributed by atoms with van der Waals surface area (Å²) in [6, 6.07) is 9.83. The Morgan fingerprint density at radius 3 is 2.41 bits per heavy atom. The monoisotopic (exact) mass is 366 g/mol. The zero-order valence-electron chi connectivity index (χ0n) is 15.9. The highest BCUT2D eigenvalue weighted by Gasteiger charge is 2.52. The van der Waals surface area contributed by atoms with Gasteiger partial charge in [0, 0.05) is 29.9 Å². The zero-order valence-corrected chi connectivity index (χ0v) is 15.9. The third kappa shape index (κ3) is 3.27. The molecule has 1 heterocycles. The lowest BCUT2D eigenvalue weighted by molar-refractivity contribution is 0.0251. The number of fused-ring (bicyclic) bond motifs is 1. The van der Waals surface area contributed by atoms with Crippen LogP contribution >= 0.6 is 0 Å². The van der Waals surface area contributed by atoms with E-state index in [9.17, 15) is 4.79 Å². The van der Waals surface area contributed by atoms with Crippen LogP contribution in [0.1, 0.15) is 47.5 Å². The fourth-order valence-corrected chi connectivity index (χ4v) is 4.92. The van der Waals surface area contributed by atoms with Crippen LogP contribution in [0, 0.1) is 11.8 Å². The Hall–Kier alpha value is -2.56. The molecule has 4 rings (SSSR count). The molecule has 5 nitrogen and oxygen atoms in total. The summed E-state index contributed by atoms with van der Waals surface area (Å²) < 4.78 is 10.9. The van der Waals surface area contributed by atoms with E-state index in [1.54, 1.807) is 38.7 Å². The number of ether oxygens (including phenoxy) is 2. The summed E-state index contributed by atoms with van der Waals surface area (Å²) in [5, 5.41) is 3.31. The van der Waals surface area contributed by atoms with Crippen LogP contribution in [0.2, 0.25) is 0 Å². The van der Waals surface area contributed by atoms with Gasteiger partial charge in [0.05, 0.1) is 14.2 Å². The van der Waals surface area contributed by atoms with Gasteiger partial charge in [0.1, 0.15) is 0 Å². The molecule has 0 aliphatic heterocycles. The molecule has 2 aliphatic rings. The Labute approximate surface area is 160 Å².